The van der Waals surface area contributed by atoms with E-state index in [-0.39, 0.29) is 0 Å². The van der Waals surface area contributed by atoms with E-state index in [2.05, 4.69) is 16.8 Å². The summed E-state index contributed by atoms with van der Waals surface area (Å²) in [5.41, 5.74) is 6.23. The van der Waals surface area contributed by atoms with E-state index >= 15 is 0 Å². The average molecular weight is 256 g/mol. The maximum atomic E-state index is 6.16. The quantitative estimate of drug-likeness (QED) is 0.897. The van der Waals surface area contributed by atoms with Crippen molar-refractivity contribution in [1.29, 1.82) is 0 Å². The summed E-state index contributed by atoms with van der Waals surface area (Å²) in [5.74, 6) is 0.791. The Morgan fingerprint density at radius 2 is 2.47 bits per heavy atom. The molecule has 2 heterocycles. The third-order valence-electron chi connectivity index (χ3n) is 2.97. The Morgan fingerprint density at radius 1 is 1.65 bits per heavy atom. The summed E-state index contributed by atoms with van der Waals surface area (Å²) in [4.78, 5) is 6.44. The van der Waals surface area contributed by atoms with Crippen LogP contribution in [0, 0.1) is 0 Å². The van der Waals surface area contributed by atoms with Crippen LogP contribution in [0.25, 0.3) is 0 Å². The van der Waals surface area contributed by atoms with Gasteiger partial charge in [-0.05, 0) is 25.8 Å². The van der Waals surface area contributed by atoms with E-state index in [9.17, 15) is 0 Å². The Bertz CT molecular complexity index is 380. The zero-order valence-corrected chi connectivity index (χ0v) is 10.8. The number of nitrogens with zero attached hydrogens (tertiary/aromatic N) is 2. The molecule has 1 aromatic heterocycles. The van der Waals surface area contributed by atoms with Crippen molar-refractivity contribution in [2.24, 2.45) is 0 Å². The molecule has 0 aromatic carbocycles. The lowest BCUT2D eigenvalue weighted by molar-refractivity contribution is 0.115. The van der Waals surface area contributed by atoms with E-state index in [4.69, 9.17) is 22.1 Å². The van der Waals surface area contributed by atoms with Gasteiger partial charge in [0.1, 0.15) is 5.82 Å². The number of hydrogen-bond acceptors (Lipinski definition) is 4. The second kappa shape index (κ2) is 5.56. The molecule has 2 rings (SSSR count). The molecular weight excluding hydrogens is 238 g/mol. The van der Waals surface area contributed by atoms with Gasteiger partial charge in [0.25, 0.3) is 0 Å². The number of aromatic nitrogens is 1. The van der Waals surface area contributed by atoms with Crippen LogP contribution in [0.5, 0.6) is 0 Å². The van der Waals surface area contributed by atoms with Gasteiger partial charge in [-0.2, -0.15) is 0 Å². The molecule has 1 aliphatic rings. The molecule has 94 valence electrons. The molecule has 17 heavy (non-hydrogen) atoms. The molecule has 0 amide bonds. The average Bonchev–Trinajstić information content (AvgIpc) is 2.79. The minimum atomic E-state index is 0.297. The van der Waals surface area contributed by atoms with E-state index in [0.717, 1.165) is 38.4 Å². The topological polar surface area (TPSA) is 51.4 Å². The maximum absolute atomic E-state index is 6.16. The Labute approximate surface area is 107 Å². The molecule has 1 aromatic rings. The van der Waals surface area contributed by atoms with E-state index in [1.807, 2.05) is 0 Å². The van der Waals surface area contributed by atoms with Crippen LogP contribution in [-0.2, 0) is 4.74 Å². The molecule has 0 saturated carbocycles. The molecule has 2 N–H and O–H groups in total. The standard InChI is InChI=1S/C12H18ClN3O/c1-2-16(8-10-4-3-5-17-10)12-11(13)6-9(14)7-15-12/h6-7,10H,2-5,8,14H2,1H3. The summed E-state index contributed by atoms with van der Waals surface area (Å²) < 4.78 is 5.63. The van der Waals surface area contributed by atoms with Gasteiger partial charge in [0.05, 0.1) is 23.0 Å². The normalized spacial score (nSPS) is 19.5. The van der Waals surface area contributed by atoms with Gasteiger partial charge in [-0.3, -0.25) is 0 Å². The zero-order chi connectivity index (χ0) is 12.3. The number of rotatable bonds is 4. The summed E-state index contributed by atoms with van der Waals surface area (Å²) in [6.45, 7) is 4.65. The van der Waals surface area contributed by atoms with Crippen molar-refractivity contribution in [2.75, 3.05) is 30.3 Å². The number of hydrogen-bond donors (Lipinski definition) is 1. The van der Waals surface area contributed by atoms with Crippen LogP contribution in [0.1, 0.15) is 19.8 Å². The second-order valence-electron chi connectivity index (χ2n) is 4.25. The molecule has 0 radical (unpaired) electrons. The maximum Gasteiger partial charge on any atom is 0.147 e. The molecule has 1 unspecified atom stereocenters. The molecule has 1 fully saturated rings. The van der Waals surface area contributed by atoms with Crippen molar-refractivity contribution >= 4 is 23.1 Å². The van der Waals surface area contributed by atoms with Crippen molar-refractivity contribution in [2.45, 2.75) is 25.9 Å². The van der Waals surface area contributed by atoms with Crippen molar-refractivity contribution in [3.05, 3.63) is 17.3 Å². The fraction of sp³-hybridized carbons (Fsp3) is 0.583. The van der Waals surface area contributed by atoms with Crippen LogP contribution in [0.2, 0.25) is 5.02 Å². The van der Waals surface area contributed by atoms with Crippen LogP contribution >= 0.6 is 11.6 Å². The lowest BCUT2D eigenvalue weighted by Crippen LogP contribution is -2.32. The summed E-state index contributed by atoms with van der Waals surface area (Å²) in [6.07, 6.45) is 4.19. The van der Waals surface area contributed by atoms with Crippen molar-refractivity contribution in [3.63, 3.8) is 0 Å². The Kier molecular flexibility index (Phi) is 4.07. The number of ether oxygens (including phenoxy) is 1. The Hall–Kier alpha value is -1.00. The number of likely N-dealkylation sites (N-methyl/N-ethyl adjacent to an activating group) is 1. The largest absolute Gasteiger partial charge is 0.397 e. The van der Waals surface area contributed by atoms with E-state index < -0.39 is 0 Å². The van der Waals surface area contributed by atoms with Gasteiger partial charge in [0.2, 0.25) is 0 Å². The molecule has 1 aliphatic heterocycles. The number of halogens is 1. The van der Waals surface area contributed by atoms with E-state index in [0.29, 0.717) is 16.8 Å². The van der Waals surface area contributed by atoms with Crippen LogP contribution in [-0.4, -0.2) is 30.8 Å². The second-order valence-corrected chi connectivity index (χ2v) is 4.65. The highest BCUT2D eigenvalue weighted by Crippen LogP contribution is 2.26. The lowest BCUT2D eigenvalue weighted by atomic mass is 10.2. The molecule has 4 nitrogen and oxygen atoms in total. The van der Waals surface area contributed by atoms with Gasteiger partial charge in [-0.15, -0.1) is 0 Å². The van der Waals surface area contributed by atoms with Crippen LogP contribution in [0.4, 0.5) is 11.5 Å². The first kappa shape index (κ1) is 12.5. The van der Waals surface area contributed by atoms with Gasteiger partial charge in [-0.1, -0.05) is 11.6 Å². The van der Waals surface area contributed by atoms with Crippen LogP contribution < -0.4 is 10.6 Å². The lowest BCUT2D eigenvalue weighted by Gasteiger charge is -2.25. The predicted molar refractivity (Wildman–Crippen MR) is 70.5 cm³/mol. The first-order valence-electron chi connectivity index (χ1n) is 5.98. The highest BCUT2D eigenvalue weighted by atomic mass is 35.5. The summed E-state index contributed by atoms with van der Waals surface area (Å²) >= 11 is 6.16. The molecule has 1 saturated heterocycles. The SMILES string of the molecule is CCN(CC1CCCO1)c1ncc(N)cc1Cl. The minimum absolute atomic E-state index is 0.297. The first-order chi connectivity index (χ1) is 8.20. The molecule has 0 spiro atoms. The highest BCUT2D eigenvalue weighted by Gasteiger charge is 2.20. The number of pyridine rings is 1. The number of anilines is 2. The first-order valence-corrected chi connectivity index (χ1v) is 6.36. The fourth-order valence-electron chi connectivity index (χ4n) is 2.08. The van der Waals surface area contributed by atoms with Gasteiger partial charge < -0.3 is 15.4 Å². The van der Waals surface area contributed by atoms with Crippen LogP contribution in [0.3, 0.4) is 0 Å². The number of nitrogens with two attached hydrogens (primary N) is 1. The fourth-order valence-corrected chi connectivity index (χ4v) is 2.37. The van der Waals surface area contributed by atoms with Crippen molar-refractivity contribution < 1.29 is 4.74 Å². The number of nitrogen functional groups attached to an aromatic ring is 1. The van der Waals surface area contributed by atoms with E-state index in [1.54, 1.807) is 12.3 Å². The molecular formula is C12H18ClN3O. The predicted octanol–water partition coefficient (Wildman–Crippen LogP) is 2.32. The van der Waals surface area contributed by atoms with Gasteiger partial charge in [-0.25, -0.2) is 4.98 Å². The van der Waals surface area contributed by atoms with E-state index in [1.165, 1.54) is 0 Å². The molecule has 0 aliphatic carbocycles. The minimum Gasteiger partial charge on any atom is -0.397 e. The Balaban J connectivity index is 2.10. The van der Waals surface area contributed by atoms with Crippen LogP contribution in [0.15, 0.2) is 12.3 Å². The molecule has 5 heteroatoms. The molecule has 1 atom stereocenters. The summed E-state index contributed by atoms with van der Waals surface area (Å²) in [6, 6.07) is 1.74. The van der Waals surface area contributed by atoms with Crippen molar-refractivity contribution in [3.8, 4) is 0 Å². The molecule has 0 bridgehead atoms. The third-order valence-corrected chi connectivity index (χ3v) is 3.25. The summed E-state index contributed by atoms with van der Waals surface area (Å²) in [7, 11) is 0. The Morgan fingerprint density at radius 3 is 3.06 bits per heavy atom. The zero-order valence-electron chi connectivity index (χ0n) is 10.0. The van der Waals surface area contributed by atoms with Gasteiger partial charge >= 0.3 is 0 Å². The highest BCUT2D eigenvalue weighted by molar-refractivity contribution is 6.33. The summed E-state index contributed by atoms with van der Waals surface area (Å²) in [5, 5.41) is 0.602. The smallest absolute Gasteiger partial charge is 0.147 e. The van der Waals surface area contributed by atoms with Gasteiger partial charge in [0.15, 0.2) is 0 Å². The third kappa shape index (κ3) is 3.01. The van der Waals surface area contributed by atoms with Crippen molar-refractivity contribution in [1.82, 2.24) is 4.98 Å². The van der Waals surface area contributed by atoms with Gasteiger partial charge in [0, 0.05) is 19.7 Å². The monoisotopic (exact) mass is 255 g/mol.